The Labute approximate surface area is 167 Å². The van der Waals surface area contributed by atoms with Crippen molar-refractivity contribution in [1.29, 1.82) is 0 Å². The number of quaternary nitrogens is 1. The average Bonchev–Trinajstić information content (AvgIpc) is 2.73. The van der Waals surface area contributed by atoms with E-state index in [1.807, 2.05) is 30.3 Å². The number of carbonyl (C=O) groups is 1. The zero-order valence-corrected chi connectivity index (χ0v) is 16.0. The molecule has 0 spiro atoms. The SMILES string of the molecule is O=C([O-])[C@H](Cc1ccccc1)[NH2+]Cc1c(O)ccc2c3c(c(=O)oc12)CCCC3. The largest absolute Gasteiger partial charge is 0.544 e. The summed E-state index contributed by atoms with van der Waals surface area (Å²) >= 11 is 0. The Kier molecular flexibility index (Phi) is 5.36. The van der Waals surface area contributed by atoms with Gasteiger partial charge in [-0.15, -0.1) is 0 Å². The summed E-state index contributed by atoms with van der Waals surface area (Å²) in [6.07, 6.45) is 3.79. The van der Waals surface area contributed by atoms with E-state index in [0.29, 0.717) is 24.0 Å². The lowest BCUT2D eigenvalue weighted by Gasteiger charge is -2.19. The Hall–Kier alpha value is -3.12. The normalized spacial score (nSPS) is 14.5. The number of rotatable bonds is 6. The van der Waals surface area contributed by atoms with E-state index in [0.717, 1.165) is 41.3 Å². The first kappa shape index (κ1) is 19.2. The van der Waals surface area contributed by atoms with Gasteiger partial charge in [-0.3, -0.25) is 0 Å². The maximum absolute atomic E-state index is 12.5. The molecule has 1 aliphatic carbocycles. The van der Waals surface area contributed by atoms with E-state index in [-0.39, 0.29) is 17.9 Å². The number of nitrogens with two attached hydrogens (primary N) is 1. The van der Waals surface area contributed by atoms with Crippen LogP contribution in [0.2, 0.25) is 0 Å². The van der Waals surface area contributed by atoms with Crippen LogP contribution in [0.15, 0.2) is 51.7 Å². The molecule has 1 aliphatic rings. The number of carboxylic acids is 1. The van der Waals surface area contributed by atoms with Crippen molar-refractivity contribution in [3.63, 3.8) is 0 Å². The van der Waals surface area contributed by atoms with Crippen LogP contribution in [0.3, 0.4) is 0 Å². The zero-order valence-electron chi connectivity index (χ0n) is 16.0. The monoisotopic (exact) mass is 393 g/mol. The van der Waals surface area contributed by atoms with Crippen LogP contribution in [-0.4, -0.2) is 17.1 Å². The lowest BCUT2D eigenvalue weighted by molar-refractivity contribution is -0.698. The highest BCUT2D eigenvalue weighted by atomic mass is 16.4. The standard InChI is InChI=1S/C23H23NO5/c25-20-11-10-16-15-8-4-5-9-17(15)23(28)29-21(16)18(20)13-24-19(22(26)27)12-14-6-2-1-3-7-14/h1-3,6-7,10-11,19,24-25H,4-5,8-9,12-13H2,(H,26,27)/t19-/m0/s1. The molecule has 0 amide bonds. The van der Waals surface area contributed by atoms with Crippen LogP contribution in [0.5, 0.6) is 5.75 Å². The maximum Gasteiger partial charge on any atom is 0.339 e. The van der Waals surface area contributed by atoms with Crippen LogP contribution < -0.4 is 16.0 Å². The molecular formula is C23H23NO5. The number of carboxylic acid groups (broad SMARTS) is 1. The highest BCUT2D eigenvalue weighted by Gasteiger charge is 2.23. The molecule has 0 bridgehead atoms. The van der Waals surface area contributed by atoms with E-state index in [2.05, 4.69) is 0 Å². The number of fused-ring (bicyclic) bond motifs is 3. The van der Waals surface area contributed by atoms with Crippen molar-refractivity contribution in [2.75, 3.05) is 0 Å². The van der Waals surface area contributed by atoms with Crippen LogP contribution in [0.4, 0.5) is 0 Å². The van der Waals surface area contributed by atoms with Crippen molar-refractivity contribution in [1.82, 2.24) is 0 Å². The number of carbonyl (C=O) groups excluding carboxylic acids is 1. The summed E-state index contributed by atoms with van der Waals surface area (Å²) in [6, 6.07) is 11.9. The fourth-order valence-electron chi connectivity index (χ4n) is 4.14. The molecule has 0 unspecified atom stereocenters. The molecule has 1 aromatic heterocycles. The molecule has 0 aliphatic heterocycles. The van der Waals surface area contributed by atoms with Gasteiger partial charge >= 0.3 is 5.63 Å². The van der Waals surface area contributed by atoms with Crippen molar-refractivity contribution < 1.29 is 24.7 Å². The number of aliphatic carboxylic acids is 1. The third-order valence-electron chi connectivity index (χ3n) is 5.68. The number of phenols is 1. The molecular weight excluding hydrogens is 370 g/mol. The molecule has 0 fully saturated rings. The van der Waals surface area contributed by atoms with Gasteiger partial charge in [-0.25, -0.2) is 4.79 Å². The van der Waals surface area contributed by atoms with Crippen molar-refractivity contribution in [2.45, 2.75) is 44.7 Å². The molecule has 150 valence electrons. The number of benzene rings is 2. The first-order valence-electron chi connectivity index (χ1n) is 9.92. The summed E-state index contributed by atoms with van der Waals surface area (Å²) in [6.45, 7) is 0.163. The minimum absolute atomic E-state index is 0.00975. The molecule has 1 heterocycles. The predicted octanol–water partition coefficient (Wildman–Crippen LogP) is 0.802. The van der Waals surface area contributed by atoms with Crippen molar-refractivity contribution >= 4 is 16.9 Å². The molecule has 1 atom stereocenters. The predicted molar refractivity (Wildman–Crippen MR) is 105 cm³/mol. The summed E-state index contributed by atoms with van der Waals surface area (Å²) in [4.78, 5) is 24.1. The van der Waals surface area contributed by atoms with Gasteiger partial charge in [0.1, 0.15) is 18.3 Å². The Morgan fingerprint density at radius 2 is 1.83 bits per heavy atom. The van der Waals surface area contributed by atoms with Gasteiger partial charge in [0.25, 0.3) is 0 Å². The summed E-state index contributed by atoms with van der Waals surface area (Å²) in [5, 5.41) is 24.5. The fourth-order valence-corrected chi connectivity index (χ4v) is 4.14. The van der Waals surface area contributed by atoms with Crippen molar-refractivity contribution in [3.8, 4) is 5.75 Å². The van der Waals surface area contributed by atoms with Gasteiger partial charge in [0.2, 0.25) is 0 Å². The highest BCUT2D eigenvalue weighted by Crippen LogP contribution is 2.32. The van der Waals surface area contributed by atoms with E-state index in [1.165, 1.54) is 0 Å². The lowest BCUT2D eigenvalue weighted by Crippen LogP contribution is -2.92. The van der Waals surface area contributed by atoms with Gasteiger partial charge in [0.05, 0.1) is 11.5 Å². The van der Waals surface area contributed by atoms with Crippen molar-refractivity contribution in [3.05, 3.63) is 75.1 Å². The van der Waals surface area contributed by atoms with Gasteiger partial charge in [0, 0.05) is 17.4 Å². The first-order chi connectivity index (χ1) is 14.0. The molecule has 6 heteroatoms. The Morgan fingerprint density at radius 1 is 1.10 bits per heavy atom. The third kappa shape index (κ3) is 3.89. The maximum atomic E-state index is 12.5. The lowest BCUT2D eigenvalue weighted by atomic mass is 9.90. The minimum Gasteiger partial charge on any atom is -0.544 e. The van der Waals surface area contributed by atoms with Gasteiger partial charge in [-0.05, 0) is 48.9 Å². The first-order valence-corrected chi connectivity index (χ1v) is 9.92. The van der Waals surface area contributed by atoms with Crippen LogP contribution in [0.1, 0.15) is 35.1 Å². The molecule has 0 saturated heterocycles. The summed E-state index contributed by atoms with van der Waals surface area (Å²) in [7, 11) is 0. The molecule has 0 radical (unpaired) electrons. The molecule has 2 aromatic carbocycles. The second kappa shape index (κ2) is 8.09. The minimum atomic E-state index is -1.17. The molecule has 3 aromatic rings. The number of hydrogen-bond donors (Lipinski definition) is 2. The third-order valence-corrected chi connectivity index (χ3v) is 5.68. The van der Waals surface area contributed by atoms with Gasteiger partial charge < -0.3 is 24.7 Å². The molecule has 3 N–H and O–H groups in total. The smallest absolute Gasteiger partial charge is 0.339 e. The number of hydrogen-bond acceptors (Lipinski definition) is 5. The van der Waals surface area contributed by atoms with Crippen LogP contribution >= 0.6 is 0 Å². The average molecular weight is 393 g/mol. The Bertz CT molecular complexity index is 1100. The van der Waals surface area contributed by atoms with Gasteiger partial charge in [-0.1, -0.05) is 30.3 Å². The second-order valence-corrected chi connectivity index (χ2v) is 7.55. The topological polar surface area (TPSA) is 107 Å². The fraction of sp³-hybridized carbons (Fsp3) is 0.304. The van der Waals surface area contributed by atoms with E-state index in [9.17, 15) is 19.8 Å². The van der Waals surface area contributed by atoms with Crippen LogP contribution in [-0.2, 0) is 30.6 Å². The molecule has 0 saturated carbocycles. The van der Waals surface area contributed by atoms with E-state index in [4.69, 9.17) is 4.42 Å². The molecule has 6 nitrogen and oxygen atoms in total. The number of aryl methyl sites for hydroxylation is 1. The molecule has 29 heavy (non-hydrogen) atoms. The van der Waals surface area contributed by atoms with E-state index >= 15 is 0 Å². The zero-order chi connectivity index (χ0) is 20.4. The summed E-state index contributed by atoms with van der Waals surface area (Å²) in [5.74, 6) is -1.18. The highest BCUT2D eigenvalue weighted by molar-refractivity contribution is 5.86. The van der Waals surface area contributed by atoms with E-state index in [1.54, 1.807) is 17.4 Å². The second-order valence-electron chi connectivity index (χ2n) is 7.55. The van der Waals surface area contributed by atoms with Gasteiger partial charge in [0.15, 0.2) is 5.58 Å². The molecule has 4 rings (SSSR count). The summed E-state index contributed by atoms with van der Waals surface area (Å²) < 4.78 is 5.58. The Morgan fingerprint density at radius 3 is 2.55 bits per heavy atom. The number of phenolic OH excluding ortho intramolecular Hbond substituents is 1. The van der Waals surface area contributed by atoms with Gasteiger partial charge in [-0.2, -0.15) is 0 Å². The van der Waals surface area contributed by atoms with Crippen LogP contribution in [0.25, 0.3) is 11.0 Å². The van der Waals surface area contributed by atoms with Crippen molar-refractivity contribution in [2.24, 2.45) is 0 Å². The van der Waals surface area contributed by atoms with E-state index < -0.39 is 12.0 Å². The van der Waals surface area contributed by atoms with Crippen LogP contribution in [0, 0.1) is 0 Å². The number of aromatic hydroxyl groups is 1. The Balaban J connectivity index is 1.66. The quantitative estimate of drug-likeness (QED) is 0.603. The summed E-state index contributed by atoms with van der Waals surface area (Å²) in [5.41, 5.74) is 3.03.